The molecule has 6 heteroatoms. The van der Waals surface area contributed by atoms with E-state index in [1.807, 2.05) is 11.0 Å². The second-order valence-corrected chi connectivity index (χ2v) is 6.77. The van der Waals surface area contributed by atoms with E-state index in [1.165, 1.54) is 0 Å². The zero-order valence-corrected chi connectivity index (χ0v) is 15.1. The summed E-state index contributed by atoms with van der Waals surface area (Å²) >= 11 is 0. The van der Waals surface area contributed by atoms with Gasteiger partial charge in [0.1, 0.15) is 0 Å². The van der Waals surface area contributed by atoms with E-state index < -0.39 is 0 Å². The second kappa shape index (κ2) is 8.60. The molecular formula is C21H23N3O3. The number of hydrogen-bond acceptors (Lipinski definition) is 4. The van der Waals surface area contributed by atoms with Crippen LogP contribution in [0.25, 0.3) is 0 Å². The van der Waals surface area contributed by atoms with E-state index in [0.29, 0.717) is 23.4 Å². The average molecular weight is 365 g/mol. The molecule has 1 fully saturated rings. The number of carbonyl (C=O) groups excluding carboxylic acids is 3. The van der Waals surface area contributed by atoms with Crippen molar-refractivity contribution in [1.82, 2.24) is 4.90 Å². The van der Waals surface area contributed by atoms with Crippen LogP contribution >= 0.6 is 0 Å². The first-order chi connectivity index (χ1) is 13.0. The number of para-hydroxylation sites is 1. The molecule has 0 unspecified atom stereocenters. The van der Waals surface area contributed by atoms with Crippen molar-refractivity contribution in [2.24, 2.45) is 11.7 Å². The summed E-state index contributed by atoms with van der Waals surface area (Å²) in [6.45, 7) is 1.41. The van der Waals surface area contributed by atoms with Crippen LogP contribution in [0.4, 0.5) is 5.69 Å². The molecule has 1 aliphatic heterocycles. The number of nitrogens with two attached hydrogens (primary N) is 1. The third-order valence-electron chi connectivity index (χ3n) is 4.76. The van der Waals surface area contributed by atoms with E-state index in [1.54, 1.807) is 48.5 Å². The lowest BCUT2D eigenvalue weighted by molar-refractivity contribution is -0.125. The SMILES string of the molecule is NC(=O)[C@@H]1CCCN(CC(=O)Nc2ccccc2C(=O)c2ccccc2)C1. The van der Waals surface area contributed by atoms with E-state index in [9.17, 15) is 14.4 Å². The summed E-state index contributed by atoms with van der Waals surface area (Å²) in [5, 5.41) is 2.83. The van der Waals surface area contributed by atoms with Gasteiger partial charge in [-0.05, 0) is 31.5 Å². The molecule has 0 aliphatic carbocycles. The minimum atomic E-state index is -0.320. The third kappa shape index (κ3) is 4.80. The monoisotopic (exact) mass is 365 g/mol. The van der Waals surface area contributed by atoms with Crippen molar-refractivity contribution < 1.29 is 14.4 Å². The summed E-state index contributed by atoms with van der Waals surface area (Å²) in [4.78, 5) is 38.5. The second-order valence-electron chi connectivity index (χ2n) is 6.77. The normalized spacial score (nSPS) is 17.3. The van der Waals surface area contributed by atoms with E-state index in [2.05, 4.69) is 5.32 Å². The number of carbonyl (C=O) groups is 3. The Bertz CT molecular complexity index is 836. The van der Waals surface area contributed by atoms with Crippen LogP contribution < -0.4 is 11.1 Å². The van der Waals surface area contributed by atoms with Gasteiger partial charge in [0, 0.05) is 17.7 Å². The summed E-state index contributed by atoms with van der Waals surface area (Å²) in [7, 11) is 0. The van der Waals surface area contributed by atoms with Gasteiger partial charge in [0.15, 0.2) is 5.78 Å². The fourth-order valence-corrected chi connectivity index (χ4v) is 3.36. The maximum Gasteiger partial charge on any atom is 0.238 e. The standard InChI is InChI=1S/C21H23N3O3/c22-21(27)16-9-6-12-24(13-16)14-19(25)23-18-11-5-4-10-17(18)20(26)15-7-2-1-3-8-15/h1-5,7-8,10-11,16H,6,9,12-14H2,(H2,22,27)(H,23,25)/t16-/m1/s1. The Morgan fingerprint density at radius 3 is 2.48 bits per heavy atom. The highest BCUT2D eigenvalue weighted by atomic mass is 16.2. The Morgan fingerprint density at radius 1 is 1.04 bits per heavy atom. The van der Waals surface area contributed by atoms with Crippen molar-refractivity contribution >= 4 is 23.3 Å². The first kappa shape index (κ1) is 18.8. The number of ketones is 1. The first-order valence-corrected chi connectivity index (χ1v) is 9.05. The topological polar surface area (TPSA) is 92.5 Å². The lowest BCUT2D eigenvalue weighted by Gasteiger charge is -2.30. The summed E-state index contributed by atoms with van der Waals surface area (Å²) in [6.07, 6.45) is 1.60. The molecule has 0 radical (unpaired) electrons. The smallest absolute Gasteiger partial charge is 0.238 e. The predicted octanol–water partition coefficient (Wildman–Crippen LogP) is 2.05. The van der Waals surface area contributed by atoms with Crippen LogP contribution in [0.3, 0.4) is 0 Å². The summed E-state index contributed by atoms with van der Waals surface area (Å²) in [5.74, 6) is -0.885. The van der Waals surface area contributed by atoms with Gasteiger partial charge in [-0.2, -0.15) is 0 Å². The molecule has 2 aromatic rings. The molecule has 0 aromatic heterocycles. The largest absolute Gasteiger partial charge is 0.369 e. The number of hydrogen-bond donors (Lipinski definition) is 2. The van der Waals surface area contributed by atoms with E-state index in [-0.39, 0.29) is 30.1 Å². The zero-order valence-electron chi connectivity index (χ0n) is 15.1. The third-order valence-corrected chi connectivity index (χ3v) is 4.76. The maximum atomic E-state index is 12.7. The van der Waals surface area contributed by atoms with Gasteiger partial charge in [-0.25, -0.2) is 0 Å². The molecule has 2 aromatic carbocycles. The zero-order chi connectivity index (χ0) is 19.2. The first-order valence-electron chi connectivity index (χ1n) is 9.05. The van der Waals surface area contributed by atoms with Crippen LogP contribution in [-0.4, -0.2) is 42.1 Å². The highest BCUT2D eigenvalue weighted by Gasteiger charge is 2.25. The van der Waals surface area contributed by atoms with Gasteiger partial charge in [0.25, 0.3) is 0 Å². The summed E-state index contributed by atoms with van der Waals surface area (Å²) < 4.78 is 0. The molecule has 0 bridgehead atoms. The van der Waals surface area contributed by atoms with E-state index in [4.69, 9.17) is 5.73 Å². The van der Waals surface area contributed by atoms with Gasteiger partial charge in [-0.15, -0.1) is 0 Å². The van der Waals surface area contributed by atoms with E-state index >= 15 is 0 Å². The molecule has 2 amide bonds. The number of nitrogens with one attached hydrogen (secondary N) is 1. The molecule has 1 atom stereocenters. The Balaban J connectivity index is 1.68. The number of amides is 2. The molecule has 1 saturated heterocycles. The Hall–Kier alpha value is -2.99. The van der Waals surface area contributed by atoms with Crippen molar-refractivity contribution in [3.63, 3.8) is 0 Å². The molecule has 0 spiro atoms. The van der Waals surface area contributed by atoms with Crippen LogP contribution in [0, 0.1) is 5.92 Å². The van der Waals surface area contributed by atoms with Crippen molar-refractivity contribution in [1.29, 1.82) is 0 Å². The molecule has 140 valence electrons. The van der Waals surface area contributed by atoms with Gasteiger partial charge in [-0.3, -0.25) is 19.3 Å². The van der Waals surface area contributed by atoms with E-state index in [0.717, 1.165) is 19.4 Å². The maximum absolute atomic E-state index is 12.7. The number of benzene rings is 2. The van der Waals surface area contributed by atoms with Crippen molar-refractivity contribution in [2.45, 2.75) is 12.8 Å². The number of nitrogens with zero attached hydrogens (tertiary/aromatic N) is 1. The molecule has 3 rings (SSSR count). The van der Waals surface area contributed by atoms with Crippen LogP contribution in [0.5, 0.6) is 0 Å². The molecule has 3 N–H and O–H groups in total. The molecule has 1 heterocycles. The van der Waals surface area contributed by atoms with Crippen LogP contribution in [0.1, 0.15) is 28.8 Å². The van der Waals surface area contributed by atoms with Gasteiger partial charge in [0.2, 0.25) is 11.8 Å². The Labute approximate surface area is 158 Å². The average Bonchev–Trinajstić information content (AvgIpc) is 2.68. The van der Waals surface area contributed by atoms with Gasteiger partial charge >= 0.3 is 0 Å². The Morgan fingerprint density at radius 2 is 1.74 bits per heavy atom. The molecule has 0 saturated carbocycles. The number of primary amides is 1. The number of anilines is 1. The highest BCUT2D eigenvalue weighted by Crippen LogP contribution is 2.20. The fourth-order valence-electron chi connectivity index (χ4n) is 3.36. The quantitative estimate of drug-likeness (QED) is 0.767. The lowest BCUT2D eigenvalue weighted by atomic mass is 9.97. The van der Waals surface area contributed by atoms with Gasteiger partial charge in [0.05, 0.1) is 18.2 Å². The van der Waals surface area contributed by atoms with Crippen LogP contribution in [0.15, 0.2) is 54.6 Å². The van der Waals surface area contributed by atoms with Crippen molar-refractivity contribution in [3.05, 3.63) is 65.7 Å². The molecule has 1 aliphatic rings. The number of rotatable bonds is 6. The number of likely N-dealkylation sites (tertiary alicyclic amines) is 1. The minimum Gasteiger partial charge on any atom is -0.369 e. The van der Waals surface area contributed by atoms with Gasteiger partial charge in [-0.1, -0.05) is 42.5 Å². The van der Waals surface area contributed by atoms with Crippen LogP contribution in [0.2, 0.25) is 0 Å². The minimum absolute atomic E-state index is 0.140. The molecule has 27 heavy (non-hydrogen) atoms. The predicted molar refractivity (Wildman–Crippen MR) is 103 cm³/mol. The number of piperidine rings is 1. The molecule has 6 nitrogen and oxygen atoms in total. The summed E-state index contributed by atoms with van der Waals surface area (Å²) in [5.41, 5.74) is 6.89. The van der Waals surface area contributed by atoms with Crippen LogP contribution in [-0.2, 0) is 9.59 Å². The molecular weight excluding hydrogens is 342 g/mol. The highest BCUT2D eigenvalue weighted by molar-refractivity contribution is 6.13. The van der Waals surface area contributed by atoms with Crippen molar-refractivity contribution in [2.75, 3.05) is 25.0 Å². The fraction of sp³-hybridized carbons (Fsp3) is 0.286. The Kier molecular flexibility index (Phi) is 5.98. The summed E-state index contributed by atoms with van der Waals surface area (Å²) in [6, 6.07) is 15.9. The lowest BCUT2D eigenvalue weighted by Crippen LogP contribution is -2.44. The van der Waals surface area contributed by atoms with Gasteiger partial charge < -0.3 is 11.1 Å². The van der Waals surface area contributed by atoms with Crippen molar-refractivity contribution in [3.8, 4) is 0 Å².